The highest BCUT2D eigenvalue weighted by Crippen LogP contribution is 2.07. The fourth-order valence-electron chi connectivity index (χ4n) is 1.41. The van der Waals surface area contributed by atoms with E-state index in [1.54, 1.807) is 0 Å². The Kier molecular flexibility index (Phi) is 2.13. The molecule has 2 rings (SSSR count). The van der Waals surface area contributed by atoms with Crippen molar-refractivity contribution < 1.29 is 4.79 Å². The van der Waals surface area contributed by atoms with E-state index in [2.05, 4.69) is 0 Å². The minimum Gasteiger partial charge on any atom is -0.331 e. The van der Waals surface area contributed by atoms with Crippen LogP contribution in [0.25, 0.3) is 0 Å². The van der Waals surface area contributed by atoms with Gasteiger partial charge in [-0.25, -0.2) is 0 Å². The van der Waals surface area contributed by atoms with Crippen LogP contribution in [0.5, 0.6) is 0 Å². The SMILES string of the molecule is O=C(c1ccccc1)N1CC=CC1. The van der Waals surface area contributed by atoms with E-state index in [9.17, 15) is 4.79 Å². The van der Waals surface area contributed by atoms with Crippen LogP contribution < -0.4 is 0 Å². The fraction of sp³-hybridized carbons (Fsp3) is 0.182. The van der Waals surface area contributed by atoms with Crippen LogP contribution >= 0.6 is 0 Å². The zero-order valence-corrected chi connectivity index (χ0v) is 7.31. The standard InChI is InChI=1S/C11H11NO/c13-11(12-8-4-5-9-12)10-6-2-1-3-7-10/h1-7H,8-9H2. The molecular weight excluding hydrogens is 162 g/mol. The van der Waals surface area contributed by atoms with E-state index in [4.69, 9.17) is 0 Å². The van der Waals surface area contributed by atoms with Gasteiger partial charge in [0.15, 0.2) is 0 Å². The Morgan fingerprint density at radius 2 is 1.69 bits per heavy atom. The molecule has 0 saturated carbocycles. The second-order valence-electron chi connectivity index (χ2n) is 3.05. The topological polar surface area (TPSA) is 20.3 Å². The maximum atomic E-state index is 11.7. The summed E-state index contributed by atoms with van der Waals surface area (Å²) < 4.78 is 0. The molecule has 1 aliphatic rings. The number of benzene rings is 1. The minimum absolute atomic E-state index is 0.116. The van der Waals surface area contributed by atoms with Crippen molar-refractivity contribution in [3.8, 4) is 0 Å². The maximum Gasteiger partial charge on any atom is 0.254 e. The predicted molar refractivity (Wildman–Crippen MR) is 51.5 cm³/mol. The van der Waals surface area contributed by atoms with Gasteiger partial charge in [0.25, 0.3) is 5.91 Å². The zero-order valence-electron chi connectivity index (χ0n) is 7.31. The molecule has 0 radical (unpaired) electrons. The van der Waals surface area contributed by atoms with E-state index in [1.807, 2.05) is 47.4 Å². The first kappa shape index (κ1) is 8.05. The molecule has 1 amide bonds. The van der Waals surface area contributed by atoms with E-state index in [0.29, 0.717) is 0 Å². The number of carbonyl (C=O) groups excluding carboxylic acids is 1. The van der Waals surface area contributed by atoms with Crippen LogP contribution in [0.2, 0.25) is 0 Å². The number of carbonyl (C=O) groups is 1. The summed E-state index contributed by atoms with van der Waals surface area (Å²) in [5.74, 6) is 0.116. The molecule has 0 spiro atoms. The van der Waals surface area contributed by atoms with Crippen LogP contribution in [0, 0.1) is 0 Å². The van der Waals surface area contributed by atoms with E-state index in [1.165, 1.54) is 0 Å². The van der Waals surface area contributed by atoms with Crippen LogP contribution in [-0.4, -0.2) is 23.9 Å². The van der Waals surface area contributed by atoms with Gasteiger partial charge in [-0.15, -0.1) is 0 Å². The first-order valence-corrected chi connectivity index (χ1v) is 4.37. The quantitative estimate of drug-likeness (QED) is 0.592. The summed E-state index contributed by atoms with van der Waals surface area (Å²) in [4.78, 5) is 13.5. The summed E-state index contributed by atoms with van der Waals surface area (Å²) in [6, 6.07) is 9.38. The van der Waals surface area contributed by atoms with Crippen LogP contribution in [0.4, 0.5) is 0 Å². The van der Waals surface area contributed by atoms with Crippen molar-refractivity contribution in [2.24, 2.45) is 0 Å². The van der Waals surface area contributed by atoms with Gasteiger partial charge >= 0.3 is 0 Å². The van der Waals surface area contributed by atoms with Crippen LogP contribution in [0.1, 0.15) is 10.4 Å². The summed E-state index contributed by atoms with van der Waals surface area (Å²) in [7, 11) is 0. The molecular formula is C11H11NO. The lowest BCUT2D eigenvalue weighted by atomic mass is 10.2. The molecule has 0 atom stereocenters. The van der Waals surface area contributed by atoms with E-state index < -0.39 is 0 Å². The Bertz CT molecular complexity index is 321. The lowest BCUT2D eigenvalue weighted by Gasteiger charge is -2.14. The van der Waals surface area contributed by atoms with Crippen LogP contribution in [0.3, 0.4) is 0 Å². The Labute approximate surface area is 77.5 Å². The van der Waals surface area contributed by atoms with Gasteiger partial charge in [-0.1, -0.05) is 30.4 Å². The molecule has 66 valence electrons. The van der Waals surface area contributed by atoms with Gasteiger partial charge < -0.3 is 4.90 Å². The van der Waals surface area contributed by atoms with E-state index in [-0.39, 0.29) is 5.91 Å². The number of amides is 1. The molecule has 0 fully saturated rings. The molecule has 1 aromatic rings. The highest BCUT2D eigenvalue weighted by molar-refractivity contribution is 5.94. The van der Waals surface area contributed by atoms with Crippen molar-refractivity contribution in [2.45, 2.75) is 0 Å². The Balaban J connectivity index is 2.14. The Morgan fingerprint density at radius 3 is 2.31 bits per heavy atom. The monoisotopic (exact) mass is 173 g/mol. The van der Waals surface area contributed by atoms with Gasteiger partial charge in [0.05, 0.1) is 0 Å². The van der Waals surface area contributed by atoms with E-state index in [0.717, 1.165) is 18.7 Å². The largest absolute Gasteiger partial charge is 0.331 e. The molecule has 2 heteroatoms. The molecule has 0 saturated heterocycles. The maximum absolute atomic E-state index is 11.7. The van der Waals surface area contributed by atoms with Crippen molar-refractivity contribution >= 4 is 5.91 Å². The van der Waals surface area contributed by atoms with Crippen molar-refractivity contribution in [3.05, 3.63) is 48.0 Å². The minimum atomic E-state index is 0.116. The van der Waals surface area contributed by atoms with Gasteiger partial charge in [0.1, 0.15) is 0 Å². The summed E-state index contributed by atoms with van der Waals surface area (Å²) in [6.45, 7) is 1.49. The van der Waals surface area contributed by atoms with Gasteiger partial charge in [-0.05, 0) is 12.1 Å². The predicted octanol–water partition coefficient (Wildman–Crippen LogP) is 1.70. The summed E-state index contributed by atoms with van der Waals surface area (Å²) in [6.07, 6.45) is 4.03. The smallest absolute Gasteiger partial charge is 0.254 e. The first-order valence-electron chi connectivity index (χ1n) is 4.37. The third-order valence-corrected chi connectivity index (χ3v) is 2.13. The second-order valence-corrected chi connectivity index (χ2v) is 3.05. The molecule has 13 heavy (non-hydrogen) atoms. The molecule has 0 bridgehead atoms. The molecule has 0 aliphatic carbocycles. The average Bonchev–Trinajstić information content (AvgIpc) is 2.71. The van der Waals surface area contributed by atoms with Gasteiger partial charge in [0.2, 0.25) is 0 Å². The molecule has 0 aromatic heterocycles. The third-order valence-electron chi connectivity index (χ3n) is 2.13. The van der Waals surface area contributed by atoms with Crippen molar-refractivity contribution in [3.63, 3.8) is 0 Å². The molecule has 0 unspecified atom stereocenters. The lowest BCUT2D eigenvalue weighted by Crippen LogP contribution is -2.27. The Morgan fingerprint density at radius 1 is 1.08 bits per heavy atom. The van der Waals surface area contributed by atoms with Crippen LogP contribution in [0.15, 0.2) is 42.5 Å². The molecule has 1 aliphatic heterocycles. The molecule has 2 nitrogen and oxygen atoms in total. The molecule has 1 aromatic carbocycles. The zero-order chi connectivity index (χ0) is 9.10. The van der Waals surface area contributed by atoms with Crippen molar-refractivity contribution in [1.29, 1.82) is 0 Å². The summed E-state index contributed by atoms with van der Waals surface area (Å²) in [5, 5.41) is 0. The second kappa shape index (κ2) is 3.44. The number of rotatable bonds is 1. The van der Waals surface area contributed by atoms with Gasteiger partial charge in [-0.2, -0.15) is 0 Å². The normalized spacial score (nSPS) is 14.9. The van der Waals surface area contributed by atoms with Gasteiger partial charge in [-0.3, -0.25) is 4.79 Å². The molecule has 0 N–H and O–H groups in total. The van der Waals surface area contributed by atoms with Crippen molar-refractivity contribution in [1.82, 2.24) is 4.90 Å². The number of hydrogen-bond acceptors (Lipinski definition) is 1. The number of nitrogens with zero attached hydrogens (tertiary/aromatic N) is 1. The first-order chi connectivity index (χ1) is 6.38. The average molecular weight is 173 g/mol. The van der Waals surface area contributed by atoms with E-state index >= 15 is 0 Å². The Hall–Kier alpha value is -1.57. The fourth-order valence-corrected chi connectivity index (χ4v) is 1.41. The molecule has 1 heterocycles. The van der Waals surface area contributed by atoms with Crippen molar-refractivity contribution in [2.75, 3.05) is 13.1 Å². The number of hydrogen-bond donors (Lipinski definition) is 0. The summed E-state index contributed by atoms with van der Waals surface area (Å²) in [5.41, 5.74) is 0.770. The third kappa shape index (κ3) is 1.61. The lowest BCUT2D eigenvalue weighted by molar-refractivity contribution is 0.0800. The summed E-state index contributed by atoms with van der Waals surface area (Å²) >= 11 is 0. The highest BCUT2D eigenvalue weighted by atomic mass is 16.2. The van der Waals surface area contributed by atoms with Gasteiger partial charge in [0, 0.05) is 18.7 Å². The highest BCUT2D eigenvalue weighted by Gasteiger charge is 2.14. The van der Waals surface area contributed by atoms with Crippen LogP contribution in [-0.2, 0) is 0 Å².